The van der Waals surface area contributed by atoms with Crippen LogP contribution in [0.15, 0.2) is 36.4 Å². The van der Waals surface area contributed by atoms with Crippen molar-refractivity contribution < 1.29 is 19.0 Å². The fraction of sp³-hybridized carbons (Fsp3) is 0.409. The van der Waals surface area contributed by atoms with Crippen LogP contribution in [0.25, 0.3) is 0 Å². The Balaban J connectivity index is 1.47. The number of fused-ring (bicyclic) bond motifs is 1. The van der Waals surface area contributed by atoms with Gasteiger partial charge in [-0.3, -0.25) is 0 Å². The summed E-state index contributed by atoms with van der Waals surface area (Å²) in [5, 5.41) is 5.67. The van der Waals surface area contributed by atoms with Gasteiger partial charge in [0.1, 0.15) is 30.0 Å². The molecular formula is C22H28N2O4. The number of benzene rings is 2. The summed E-state index contributed by atoms with van der Waals surface area (Å²) in [6, 6.07) is 11.6. The number of carbonyl (C=O) groups is 1. The number of hydrogen-bond acceptors (Lipinski definition) is 4. The summed E-state index contributed by atoms with van der Waals surface area (Å²) in [6.45, 7) is 7.78. The van der Waals surface area contributed by atoms with E-state index in [4.69, 9.17) is 14.2 Å². The van der Waals surface area contributed by atoms with Crippen molar-refractivity contribution in [2.24, 2.45) is 0 Å². The van der Waals surface area contributed by atoms with E-state index >= 15 is 0 Å². The number of amides is 2. The molecule has 6 nitrogen and oxygen atoms in total. The van der Waals surface area contributed by atoms with Gasteiger partial charge in [0.05, 0.1) is 13.2 Å². The Morgan fingerprint density at radius 1 is 1.21 bits per heavy atom. The first-order valence-corrected chi connectivity index (χ1v) is 9.71. The highest BCUT2D eigenvalue weighted by atomic mass is 16.5. The number of nitrogens with one attached hydrogen (secondary N) is 2. The third-order valence-corrected chi connectivity index (χ3v) is 4.46. The first kappa shape index (κ1) is 19.9. The summed E-state index contributed by atoms with van der Waals surface area (Å²) in [7, 11) is 0. The van der Waals surface area contributed by atoms with Crippen molar-refractivity contribution >= 4 is 6.03 Å². The molecule has 0 unspecified atom stereocenters. The molecule has 1 heterocycles. The number of aryl methyl sites for hydroxylation is 1. The molecular weight excluding hydrogens is 356 g/mol. The largest absolute Gasteiger partial charge is 0.494 e. The maximum Gasteiger partial charge on any atom is 0.315 e. The smallest absolute Gasteiger partial charge is 0.315 e. The van der Waals surface area contributed by atoms with Gasteiger partial charge in [0.15, 0.2) is 0 Å². The van der Waals surface area contributed by atoms with Crippen molar-refractivity contribution in [1.82, 2.24) is 10.6 Å². The van der Waals surface area contributed by atoms with Crippen molar-refractivity contribution in [3.05, 3.63) is 53.1 Å². The molecule has 0 saturated carbocycles. The SMILES string of the molecule is CCOc1cc2c(cc1CNC(=O)NCCOc1cccc(C)c1)O[C@@H](C)C2. The Bertz CT molecular complexity index is 822. The van der Waals surface area contributed by atoms with Gasteiger partial charge in [-0.25, -0.2) is 4.79 Å². The molecule has 1 aliphatic heterocycles. The third-order valence-electron chi connectivity index (χ3n) is 4.46. The fourth-order valence-corrected chi connectivity index (χ4v) is 3.19. The fourth-order valence-electron chi connectivity index (χ4n) is 3.19. The van der Waals surface area contributed by atoms with Gasteiger partial charge in [-0.15, -0.1) is 0 Å². The third kappa shape index (κ3) is 5.31. The minimum Gasteiger partial charge on any atom is -0.494 e. The monoisotopic (exact) mass is 384 g/mol. The van der Waals surface area contributed by atoms with E-state index < -0.39 is 0 Å². The van der Waals surface area contributed by atoms with Gasteiger partial charge >= 0.3 is 6.03 Å². The number of ether oxygens (including phenoxy) is 3. The molecule has 0 aliphatic carbocycles. The molecule has 2 N–H and O–H groups in total. The molecule has 150 valence electrons. The van der Waals surface area contributed by atoms with Crippen LogP contribution in [0.2, 0.25) is 0 Å². The molecule has 0 radical (unpaired) electrons. The lowest BCUT2D eigenvalue weighted by Crippen LogP contribution is -2.37. The van der Waals surface area contributed by atoms with Gasteiger partial charge in [-0.1, -0.05) is 12.1 Å². The van der Waals surface area contributed by atoms with Crippen molar-refractivity contribution in [3.63, 3.8) is 0 Å². The minimum absolute atomic E-state index is 0.171. The van der Waals surface area contributed by atoms with Crippen LogP contribution < -0.4 is 24.8 Å². The van der Waals surface area contributed by atoms with Gasteiger partial charge in [-0.05, 0) is 50.6 Å². The van der Waals surface area contributed by atoms with E-state index in [0.29, 0.717) is 26.3 Å². The summed E-state index contributed by atoms with van der Waals surface area (Å²) in [5.74, 6) is 2.47. The lowest BCUT2D eigenvalue weighted by Gasteiger charge is -2.14. The second-order valence-electron chi connectivity index (χ2n) is 6.91. The van der Waals surface area contributed by atoms with Crippen molar-refractivity contribution in [3.8, 4) is 17.2 Å². The Labute approximate surface area is 166 Å². The van der Waals surface area contributed by atoms with Crippen LogP contribution in [0, 0.1) is 6.92 Å². The highest BCUT2D eigenvalue weighted by Crippen LogP contribution is 2.35. The second kappa shape index (κ2) is 9.35. The van der Waals surface area contributed by atoms with Crippen LogP contribution in [0.1, 0.15) is 30.5 Å². The number of urea groups is 1. The molecule has 2 aromatic carbocycles. The average Bonchev–Trinajstić information content (AvgIpc) is 3.02. The quantitative estimate of drug-likeness (QED) is 0.683. The van der Waals surface area contributed by atoms with Crippen LogP contribution in [0.4, 0.5) is 4.79 Å². The van der Waals surface area contributed by atoms with Crippen molar-refractivity contribution in [1.29, 1.82) is 0 Å². The van der Waals surface area contributed by atoms with Crippen LogP contribution in [0.3, 0.4) is 0 Å². The molecule has 2 amide bonds. The minimum atomic E-state index is -0.245. The summed E-state index contributed by atoms with van der Waals surface area (Å²) in [5.41, 5.74) is 3.19. The first-order chi connectivity index (χ1) is 13.5. The summed E-state index contributed by atoms with van der Waals surface area (Å²) >= 11 is 0. The Kier molecular flexibility index (Phi) is 6.63. The standard InChI is InChI=1S/C22H28N2O4/c1-4-26-20-12-17-11-16(3)28-21(17)13-18(20)14-24-22(25)23-8-9-27-19-7-5-6-15(2)10-19/h5-7,10,12-13,16H,4,8-9,11,14H2,1-3H3,(H2,23,24,25)/t16-/m0/s1. The molecule has 0 spiro atoms. The molecule has 3 rings (SSSR count). The van der Waals surface area contributed by atoms with E-state index in [-0.39, 0.29) is 12.1 Å². The number of hydrogen-bond donors (Lipinski definition) is 2. The number of carbonyl (C=O) groups excluding carboxylic acids is 1. The van der Waals surface area contributed by atoms with Gasteiger partial charge in [0.25, 0.3) is 0 Å². The summed E-state index contributed by atoms with van der Waals surface area (Å²) in [4.78, 5) is 12.1. The Hall–Kier alpha value is -2.89. The lowest BCUT2D eigenvalue weighted by molar-refractivity contribution is 0.235. The summed E-state index contributed by atoms with van der Waals surface area (Å²) < 4.78 is 17.2. The zero-order valence-electron chi connectivity index (χ0n) is 16.7. The van der Waals surface area contributed by atoms with Crippen molar-refractivity contribution in [2.75, 3.05) is 19.8 Å². The molecule has 1 atom stereocenters. The molecule has 6 heteroatoms. The van der Waals surface area contributed by atoms with E-state index in [0.717, 1.165) is 40.4 Å². The van der Waals surface area contributed by atoms with Crippen LogP contribution in [0.5, 0.6) is 17.2 Å². The van der Waals surface area contributed by atoms with Gasteiger partial charge in [0, 0.05) is 24.1 Å². The van der Waals surface area contributed by atoms with Crippen molar-refractivity contribution in [2.45, 2.75) is 39.8 Å². The zero-order valence-corrected chi connectivity index (χ0v) is 16.7. The van der Waals surface area contributed by atoms with Crippen LogP contribution >= 0.6 is 0 Å². The van der Waals surface area contributed by atoms with Gasteiger partial charge in [0.2, 0.25) is 0 Å². The molecule has 2 aromatic rings. The van der Waals surface area contributed by atoms with Gasteiger partial charge in [-0.2, -0.15) is 0 Å². The van der Waals surface area contributed by atoms with Crippen LogP contribution in [-0.2, 0) is 13.0 Å². The highest BCUT2D eigenvalue weighted by Gasteiger charge is 2.22. The Morgan fingerprint density at radius 2 is 2.07 bits per heavy atom. The molecule has 0 saturated heterocycles. The number of rotatable bonds is 8. The first-order valence-electron chi connectivity index (χ1n) is 9.71. The maximum absolute atomic E-state index is 12.1. The van der Waals surface area contributed by atoms with Gasteiger partial charge < -0.3 is 24.8 Å². The topological polar surface area (TPSA) is 68.8 Å². The van der Waals surface area contributed by atoms with E-state index in [2.05, 4.69) is 10.6 Å². The maximum atomic E-state index is 12.1. The second-order valence-corrected chi connectivity index (χ2v) is 6.91. The zero-order chi connectivity index (χ0) is 19.9. The van der Waals surface area contributed by atoms with E-state index in [9.17, 15) is 4.79 Å². The molecule has 0 bridgehead atoms. The molecule has 28 heavy (non-hydrogen) atoms. The normalized spacial score (nSPS) is 14.8. The highest BCUT2D eigenvalue weighted by molar-refractivity contribution is 5.74. The average molecular weight is 384 g/mol. The molecule has 0 fully saturated rings. The van der Waals surface area contributed by atoms with E-state index in [1.54, 1.807) is 0 Å². The predicted molar refractivity (Wildman–Crippen MR) is 108 cm³/mol. The molecule has 1 aliphatic rings. The van der Waals surface area contributed by atoms with E-state index in [1.807, 2.05) is 57.2 Å². The lowest BCUT2D eigenvalue weighted by atomic mass is 10.1. The van der Waals surface area contributed by atoms with Crippen LogP contribution in [-0.4, -0.2) is 31.9 Å². The summed E-state index contributed by atoms with van der Waals surface area (Å²) in [6.07, 6.45) is 1.05. The molecule has 0 aromatic heterocycles. The predicted octanol–water partition coefficient (Wildman–Crippen LogP) is 3.60. The Morgan fingerprint density at radius 3 is 2.86 bits per heavy atom. The van der Waals surface area contributed by atoms with E-state index in [1.165, 1.54) is 0 Å².